The highest BCUT2D eigenvalue weighted by Gasteiger charge is 2.36. The average molecular weight is 661 g/mol. The number of halogens is 1. The van der Waals surface area contributed by atoms with E-state index in [0.29, 0.717) is 29.1 Å². The molecule has 1 heterocycles. The Morgan fingerprint density at radius 3 is 2.49 bits per heavy atom. The maximum atomic E-state index is 12.8. The molecule has 2 amide bonds. The Kier molecular flexibility index (Phi) is 14.8. The number of aliphatic carboxylic acids is 3. The molecule has 0 aromatic heterocycles. The number of piperidine rings is 1. The molecule has 17 heteroatoms. The number of amides is 2. The van der Waals surface area contributed by atoms with E-state index in [1.807, 2.05) is 0 Å². The molecule has 1 aromatic rings. The zero-order chi connectivity index (χ0) is 32.1. The molecule has 14 nitrogen and oxygen atoms in total. The Morgan fingerprint density at radius 2 is 1.88 bits per heavy atom. The molecule has 43 heavy (non-hydrogen) atoms. The van der Waals surface area contributed by atoms with Gasteiger partial charge in [0.15, 0.2) is 0 Å². The topological polar surface area (TPSA) is 226 Å². The third-order valence-corrected chi connectivity index (χ3v) is 9.49. The van der Waals surface area contributed by atoms with Gasteiger partial charge in [0.05, 0.1) is 7.11 Å². The highest BCUT2D eigenvalue weighted by atomic mass is 35.5. The van der Waals surface area contributed by atoms with Crippen LogP contribution in [0.2, 0.25) is 5.02 Å². The van der Waals surface area contributed by atoms with Gasteiger partial charge < -0.3 is 36.4 Å². The summed E-state index contributed by atoms with van der Waals surface area (Å²) >= 11 is 6.36. The number of nitrogens with zero attached hydrogens (tertiary/aromatic N) is 1. The molecule has 2 rings (SSSR count). The Balaban J connectivity index is 2.13. The quantitative estimate of drug-likeness (QED) is 0.0823. The number of nitrogens with two attached hydrogens (primary N) is 1. The third-order valence-electron chi connectivity index (χ3n) is 6.26. The average Bonchev–Trinajstić information content (AvgIpc) is 2.95. The van der Waals surface area contributed by atoms with Crippen molar-refractivity contribution in [3.8, 4) is 0 Å². The van der Waals surface area contributed by atoms with Gasteiger partial charge in [-0.05, 0) is 30.0 Å². The summed E-state index contributed by atoms with van der Waals surface area (Å²) in [7, 11) is 3.68. The van der Waals surface area contributed by atoms with Crippen LogP contribution in [0.1, 0.15) is 30.9 Å². The maximum absolute atomic E-state index is 12.8. The number of hydrogen-bond donors (Lipinski definition) is 6. The minimum absolute atomic E-state index is 0.0161. The molecule has 0 aliphatic carbocycles. The van der Waals surface area contributed by atoms with Crippen molar-refractivity contribution in [2.45, 2.75) is 42.6 Å². The maximum Gasteiger partial charge on any atom is 0.328 e. The van der Waals surface area contributed by atoms with Crippen molar-refractivity contribution < 1.29 is 48.8 Å². The number of nitrogens with one attached hydrogen (secondary N) is 2. The van der Waals surface area contributed by atoms with Gasteiger partial charge in [0.2, 0.25) is 11.8 Å². The molecular weight excluding hydrogens is 628 g/mol. The summed E-state index contributed by atoms with van der Waals surface area (Å²) in [5.74, 6) is -5.73. The Hall–Kier alpha value is -3.31. The van der Waals surface area contributed by atoms with Crippen molar-refractivity contribution in [3.63, 3.8) is 0 Å². The molecule has 1 unspecified atom stereocenters. The third kappa shape index (κ3) is 11.7. The smallest absolute Gasteiger partial charge is 0.328 e. The summed E-state index contributed by atoms with van der Waals surface area (Å²) in [5, 5.41) is 32.0. The van der Waals surface area contributed by atoms with Crippen LogP contribution in [0, 0.1) is 0 Å². The van der Waals surface area contributed by atoms with Gasteiger partial charge in [-0.3, -0.25) is 24.1 Å². The van der Waals surface area contributed by atoms with E-state index >= 15 is 0 Å². The molecule has 0 spiro atoms. The molecule has 0 radical (unpaired) electrons. The van der Waals surface area contributed by atoms with Crippen molar-refractivity contribution in [3.05, 3.63) is 46.5 Å². The number of carbonyl (C=O) groups is 6. The zero-order valence-electron chi connectivity index (χ0n) is 23.1. The fraction of sp³-hybridized carbons (Fsp3) is 0.462. The lowest BCUT2D eigenvalue weighted by molar-refractivity contribution is -0.147. The predicted octanol–water partition coefficient (Wildman–Crippen LogP) is 0.899. The summed E-state index contributed by atoms with van der Waals surface area (Å²) in [4.78, 5) is 73.0. The number of rotatable bonds is 16. The fourth-order valence-electron chi connectivity index (χ4n) is 4.13. The van der Waals surface area contributed by atoms with Crippen LogP contribution in [0.15, 0.2) is 35.9 Å². The summed E-state index contributed by atoms with van der Waals surface area (Å²) in [6.45, 7) is -0.189. The Labute approximate surface area is 260 Å². The van der Waals surface area contributed by atoms with E-state index in [0.717, 1.165) is 16.9 Å². The number of carbonyl (C=O) groups excluding carboxylic acids is 3. The number of ether oxygens (including phenoxy) is 1. The molecule has 1 saturated heterocycles. The van der Waals surface area contributed by atoms with Crippen LogP contribution < -0.4 is 16.4 Å². The molecular formula is C26H33ClN4O10S2. The van der Waals surface area contributed by atoms with E-state index in [-0.39, 0.29) is 30.4 Å². The van der Waals surface area contributed by atoms with E-state index in [2.05, 4.69) is 10.6 Å². The second kappa shape index (κ2) is 17.7. The fourth-order valence-corrected chi connectivity index (χ4v) is 7.24. The summed E-state index contributed by atoms with van der Waals surface area (Å²) < 4.78 is 5.01. The first-order valence-corrected chi connectivity index (χ1v) is 15.6. The summed E-state index contributed by atoms with van der Waals surface area (Å²) in [5.41, 5.74) is 6.44. The first-order valence-electron chi connectivity index (χ1n) is 12.9. The Morgan fingerprint density at radius 1 is 1.19 bits per heavy atom. The number of hydrogen-bond acceptors (Lipinski definition) is 11. The van der Waals surface area contributed by atoms with Gasteiger partial charge in [0.1, 0.15) is 24.7 Å². The van der Waals surface area contributed by atoms with E-state index in [4.69, 9.17) is 32.3 Å². The van der Waals surface area contributed by atoms with E-state index in [1.54, 1.807) is 29.2 Å². The van der Waals surface area contributed by atoms with E-state index in [9.17, 15) is 33.9 Å². The number of benzene rings is 1. The van der Waals surface area contributed by atoms with Gasteiger partial charge >= 0.3 is 23.9 Å². The SMILES string of the molecule is COC(=O)[C@H](c1ccccc1Cl)N1CCC(SSC[C@H](NC(=O)CC[C@H](N)C(=O)O)C(=O)NCC(=O)O)/C(=C/C(=O)O)C1. The second-order valence-corrected chi connectivity index (χ2v) is 12.4. The Bertz CT molecular complexity index is 1230. The summed E-state index contributed by atoms with van der Waals surface area (Å²) in [6.07, 6.45) is 1.04. The highest BCUT2D eigenvalue weighted by Crippen LogP contribution is 2.39. The second-order valence-electron chi connectivity index (χ2n) is 9.35. The van der Waals surface area contributed by atoms with Gasteiger partial charge in [-0.15, -0.1) is 0 Å². The molecule has 1 aromatic carbocycles. The van der Waals surface area contributed by atoms with Crippen LogP contribution in [0.4, 0.5) is 0 Å². The monoisotopic (exact) mass is 660 g/mol. The van der Waals surface area contributed by atoms with Crippen molar-refractivity contribution in [1.29, 1.82) is 0 Å². The van der Waals surface area contributed by atoms with E-state index in [1.165, 1.54) is 17.9 Å². The van der Waals surface area contributed by atoms with E-state index < -0.39 is 60.4 Å². The standard InChI is InChI=1S/C26H33ClN4O10S2/c1-41-26(40)23(15-4-2-3-5-16(15)27)31-9-8-19(14(12-31)10-21(33)34)43-42-13-18(24(37)29-11-22(35)36)30-20(32)7-6-17(28)25(38)39/h2-5,10,17-19,23H,6-9,11-13,28H2,1H3,(H,29,37)(H,30,32)(H,33,34)(H,35,36)(H,38,39)/b14-10+/t17-,18-,19?,23-/m0/s1. The lowest BCUT2D eigenvalue weighted by Crippen LogP contribution is -2.49. The molecule has 0 bridgehead atoms. The van der Waals surface area contributed by atoms with Gasteiger partial charge in [-0.2, -0.15) is 0 Å². The highest BCUT2D eigenvalue weighted by molar-refractivity contribution is 8.77. The number of carboxylic acids is 3. The van der Waals surface area contributed by atoms with Gasteiger partial charge in [-0.1, -0.05) is 51.4 Å². The minimum atomic E-state index is -1.29. The zero-order valence-corrected chi connectivity index (χ0v) is 25.5. The van der Waals surface area contributed by atoms with Gasteiger partial charge in [0.25, 0.3) is 0 Å². The molecule has 4 atom stereocenters. The number of likely N-dealkylation sites (tertiary alicyclic amines) is 1. The molecule has 1 aliphatic rings. The lowest BCUT2D eigenvalue weighted by atomic mass is 9.98. The van der Waals surface area contributed by atoms with Crippen LogP contribution in [-0.2, 0) is 33.5 Å². The predicted molar refractivity (Wildman–Crippen MR) is 159 cm³/mol. The number of methoxy groups -OCH3 is 1. The van der Waals surface area contributed by atoms with Crippen molar-refractivity contribution in [2.75, 3.05) is 32.5 Å². The largest absolute Gasteiger partial charge is 0.480 e. The summed E-state index contributed by atoms with van der Waals surface area (Å²) in [6, 6.07) is 3.48. The molecule has 236 valence electrons. The minimum Gasteiger partial charge on any atom is -0.480 e. The van der Waals surface area contributed by atoms with Crippen LogP contribution >= 0.6 is 33.2 Å². The van der Waals surface area contributed by atoms with Gasteiger partial charge in [-0.25, -0.2) is 9.59 Å². The van der Waals surface area contributed by atoms with Crippen LogP contribution in [0.5, 0.6) is 0 Å². The van der Waals surface area contributed by atoms with Crippen molar-refractivity contribution in [2.24, 2.45) is 5.73 Å². The first kappa shape index (κ1) is 35.9. The molecule has 0 saturated carbocycles. The van der Waals surface area contributed by atoms with Crippen LogP contribution in [-0.4, -0.2) is 106 Å². The van der Waals surface area contributed by atoms with Crippen LogP contribution in [0.25, 0.3) is 0 Å². The van der Waals surface area contributed by atoms with Crippen molar-refractivity contribution in [1.82, 2.24) is 15.5 Å². The normalized spacial score (nSPS) is 18.2. The molecule has 7 N–H and O–H groups in total. The number of esters is 1. The molecule has 1 aliphatic heterocycles. The first-order chi connectivity index (χ1) is 20.3. The van der Waals surface area contributed by atoms with Gasteiger partial charge in [0, 0.05) is 41.6 Å². The van der Waals surface area contributed by atoms with Crippen LogP contribution in [0.3, 0.4) is 0 Å². The number of carboxylic acid groups (broad SMARTS) is 3. The van der Waals surface area contributed by atoms with Crippen molar-refractivity contribution >= 4 is 68.9 Å². The molecule has 1 fully saturated rings. The lowest BCUT2D eigenvalue weighted by Gasteiger charge is -2.37.